The number of likely N-dealkylation sites (tertiary alicyclic amines) is 1. The van der Waals surface area contributed by atoms with Crippen molar-refractivity contribution < 1.29 is 4.79 Å². The Morgan fingerprint density at radius 3 is 2.64 bits per heavy atom. The number of urea groups is 1. The third-order valence-electron chi connectivity index (χ3n) is 3.96. The van der Waals surface area contributed by atoms with Crippen LogP contribution in [-0.4, -0.2) is 48.6 Å². The van der Waals surface area contributed by atoms with Crippen LogP contribution in [0.25, 0.3) is 0 Å². The fourth-order valence-electron chi connectivity index (χ4n) is 2.80. The van der Waals surface area contributed by atoms with E-state index in [-0.39, 0.29) is 12.1 Å². The number of para-hydroxylation sites is 1. The molecular formula is C17H27N3OS. The molecule has 1 aromatic rings. The number of thioether (sulfide) groups is 1. The Hall–Kier alpha value is -1.20. The Kier molecular flexibility index (Phi) is 7.60. The molecule has 1 fully saturated rings. The zero-order valence-corrected chi connectivity index (χ0v) is 14.2. The minimum atomic E-state index is -0.102. The van der Waals surface area contributed by atoms with E-state index in [0.717, 1.165) is 37.5 Å². The van der Waals surface area contributed by atoms with E-state index in [1.165, 1.54) is 19.3 Å². The molecule has 2 rings (SSSR count). The summed E-state index contributed by atoms with van der Waals surface area (Å²) in [5.41, 5.74) is 0.835. The topological polar surface area (TPSA) is 44.4 Å². The summed E-state index contributed by atoms with van der Waals surface area (Å²) in [6, 6.07) is 9.72. The summed E-state index contributed by atoms with van der Waals surface area (Å²) < 4.78 is 0. The molecule has 4 nitrogen and oxygen atoms in total. The number of carbonyl (C=O) groups is 1. The van der Waals surface area contributed by atoms with Gasteiger partial charge in [0, 0.05) is 18.3 Å². The smallest absolute Gasteiger partial charge is 0.319 e. The minimum Gasteiger partial charge on any atom is -0.334 e. The minimum absolute atomic E-state index is 0.102. The zero-order valence-electron chi connectivity index (χ0n) is 13.4. The van der Waals surface area contributed by atoms with Gasteiger partial charge in [0.15, 0.2) is 0 Å². The van der Waals surface area contributed by atoms with Crippen molar-refractivity contribution in [3.05, 3.63) is 30.3 Å². The first kappa shape index (κ1) is 17.2. The van der Waals surface area contributed by atoms with Gasteiger partial charge in [-0.3, -0.25) is 0 Å². The lowest BCUT2D eigenvalue weighted by Gasteiger charge is -2.30. The van der Waals surface area contributed by atoms with E-state index < -0.39 is 0 Å². The SMILES string of the molecule is CSCCC(CN1CCCCC1)NC(=O)Nc1ccccc1. The Morgan fingerprint density at radius 2 is 1.95 bits per heavy atom. The van der Waals surface area contributed by atoms with Gasteiger partial charge in [-0.15, -0.1) is 0 Å². The lowest BCUT2D eigenvalue weighted by atomic mass is 10.1. The Balaban J connectivity index is 1.83. The number of nitrogens with one attached hydrogen (secondary N) is 2. The van der Waals surface area contributed by atoms with Crippen molar-refractivity contribution in [1.29, 1.82) is 0 Å². The maximum absolute atomic E-state index is 12.2. The quantitative estimate of drug-likeness (QED) is 0.809. The molecule has 0 radical (unpaired) electrons. The molecule has 1 aliphatic rings. The molecule has 0 aliphatic carbocycles. The summed E-state index contributed by atoms with van der Waals surface area (Å²) in [5.74, 6) is 1.07. The number of carbonyl (C=O) groups excluding carboxylic acids is 1. The fraction of sp³-hybridized carbons (Fsp3) is 0.588. The van der Waals surface area contributed by atoms with Crippen molar-refractivity contribution in [2.75, 3.05) is 37.0 Å². The number of rotatable bonds is 7. The van der Waals surface area contributed by atoms with Crippen LogP contribution in [0.3, 0.4) is 0 Å². The Morgan fingerprint density at radius 1 is 1.23 bits per heavy atom. The molecule has 122 valence electrons. The molecule has 0 aromatic heterocycles. The van der Waals surface area contributed by atoms with Gasteiger partial charge in [0.1, 0.15) is 0 Å². The van der Waals surface area contributed by atoms with E-state index in [9.17, 15) is 4.79 Å². The highest BCUT2D eigenvalue weighted by atomic mass is 32.2. The summed E-state index contributed by atoms with van der Waals surface area (Å²) in [5, 5.41) is 6.05. The maximum atomic E-state index is 12.2. The van der Waals surface area contributed by atoms with Gasteiger partial charge in [-0.05, 0) is 56.5 Å². The van der Waals surface area contributed by atoms with Gasteiger partial charge in [0.25, 0.3) is 0 Å². The number of nitrogens with zero attached hydrogens (tertiary/aromatic N) is 1. The largest absolute Gasteiger partial charge is 0.334 e. The van der Waals surface area contributed by atoms with Crippen LogP contribution in [0.1, 0.15) is 25.7 Å². The molecule has 2 amide bonds. The molecule has 0 saturated carbocycles. The van der Waals surface area contributed by atoms with Crippen LogP contribution in [-0.2, 0) is 0 Å². The van der Waals surface area contributed by atoms with Crippen molar-refractivity contribution in [1.82, 2.24) is 10.2 Å². The molecule has 0 spiro atoms. The second-order valence-electron chi connectivity index (χ2n) is 5.80. The van der Waals surface area contributed by atoms with E-state index in [1.807, 2.05) is 42.1 Å². The first-order valence-electron chi connectivity index (χ1n) is 8.12. The predicted molar refractivity (Wildman–Crippen MR) is 95.7 cm³/mol. The van der Waals surface area contributed by atoms with Crippen molar-refractivity contribution in [3.63, 3.8) is 0 Å². The third-order valence-corrected chi connectivity index (χ3v) is 4.61. The summed E-state index contributed by atoms with van der Waals surface area (Å²) in [4.78, 5) is 14.7. The number of hydrogen-bond acceptors (Lipinski definition) is 3. The van der Waals surface area contributed by atoms with Crippen LogP contribution >= 0.6 is 11.8 Å². The fourth-order valence-corrected chi connectivity index (χ4v) is 3.32. The van der Waals surface area contributed by atoms with Crippen molar-refractivity contribution in [2.45, 2.75) is 31.7 Å². The second-order valence-corrected chi connectivity index (χ2v) is 6.79. The first-order valence-corrected chi connectivity index (χ1v) is 9.51. The lowest BCUT2D eigenvalue weighted by molar-refractivity contribution is 0.201. The molecular weight excluding hydrogens is 294 g/mol. The highest BCUT2D eigenvalue weighted by molar-refractivity contribution is 7.98. The number of hydrogen-bond donors (Lipinski definition) is 2. The van der Waals surface area contributed by atoms with Crippen molar-refractivity contribution in [2.24, 2.45) is 0 Å². The molecule has 1 atom stereocenters. The van der Waals surface area contributed by atoms with Gasteiger partial charge >= 0.3 is 6.03 Å². The van der Waals surface area contributed by atoms with Gasteiger partial charge in [0.05, 0.1) is 0 Å². The van der Waals surface area contributed by atoms with Crippen LogP contribution in [0, 0.1) is 0 Å². The Bertz CT molecular complexity index is 435. The van der Waals surface area contributed by atoms with Crippen molar-refractivity contribution in [3.8, 4) is 0 Å². The molecule has 1 aromatic carbocycles. The molecule has 1 aliphatic heterocycles. The molecule has 0 bridgehead atoms. The highest BCUT2D eigenvalue weighted by Gasteiger charge is 2.18. The lowest BCUT2D eigenvalue weighted by Crippen LogP contribution is -2.46. The van der Waals surface area contributed by atoms with E-state index in [2.05, 4.69) is 21.8 Å². The van der Waals surface area contributed by atoms with Gasteiger partial charge in [-0.25, -0.2) is 4.79 Å². The average Bonchev–Trinajstić information content (AvgIpc) is 2.54. The van der Waals surface area contributed by atoms with Crippen LogP contribution < -0.4 is 10.6 Å². The predicted octanol–water partition coefficient (Wildman–Crippen LogP) is 3.42. The van der Waals surface area contributed by atoms with Crippen LogP contribution in [0.2, 0.25) is 0 Å². The second kappa shape index (κ2) is 9.74. The van der Waals surface area contributed by atoms with Crippen LogP contribution in [0.5, 0.6) is 0 Å². The zero-order chi connectivity index (χ0) is 15.6. The standard InChI is InChI=1S/C17H27N3OS/c1-22-13-10-16(14-20-11-6-3-7-12-20)19-17(21)18-15-8-4-2-5-9-15/h2,4-5,8-9,16H,3,6-7,10-14H2,1H3,(H2,18,19,21). The number of anilines is 1. The van der Waals surface area contributed by atoms with Gasteiger partial charge < -0.3 is 15.5 Å². The number of piperidine rings is 1. The van der Waals surface area contributed by atoms with E-state index in [4.69, 9.17) is 0 Å². The first-order chi connectivity index (χ1) is 10.8. The average molecular weight is 321 g/mol. The number of amides is 2. The monoisotopic (exact) mass is 321 g/mol. The number of benzene rings is 1. The van der Waals surface area contributed by atoms with E-state index in [0.29, 0.717) is 0 Å². The van der Waals surface area contributed by atoms with E-state index >= 15 is 0 Å². The molecule has 1 unspecified atom stereocenters. The highest BCUT2D eigenvalue weighted by Crippen LogP contribution is 2.11. The summed E-state index contributed by atoms with van der Waals surface area (Å²) in [6.07, 6.45) is 7.03. The van der Waals surface area contributed by atoms with Crippen molar-refractivity contribution >= 4 is 23.5 Å². The third kappa shape index (κ3) is 6.28. The summed E-state index contributed by atoms with van der Waals surface area (Å²) in [7, 11) is 0. The van der Waals surface area contributed by atoms with E-state index in [1.54, 1.807) is 0 Å². The molecule has 1 heterocycles. The van der Waals surface area contributed by atoms with Crippen LogP contribution in [0.4, 0.5) is 10.5 Å². The molecule has 22 heavy (non-hydrogen) atoms. The summed E-state index contributed by atoms with van der Waals surface area (Å²) in [6.45, 7) is 3.29. The van der Waals surface area contributed by atoms with Crippen LogP contribution in [0.15, 0.2) is 30.3 Å². The van der Waals surface area contributed by atoms with Gasteiger partial charge in [0.2, 0.25) is 0 Å². The molecule has 1 saturated heterocycles. The van der Waals surface area contributed by atoms with Gasteiger partial charge in [-0.2, -0.15) is 11.8 Å². The maximum Gasteiger partial charge on any atom is 0.319 e. The summed E-state index contributed by atoms with van der Waals surface area (Å²) >= 11 is 1.83. The molecule has 5 heteroatoms. The van der Waals surface area contributed by atoms with Gasteiger partial charge in [-0.1, -0.05) is 24.6 Å². The normalized spacial score (nSPS) is 17.0. The molecule has 2 N–H and O–H groups in total. The Labute approximate surface area is 138 Å².